The third kappa shape index (κ3) is 3.63. The monoisotopic (exact) mass is 463 g/mol. The topological polar surface area (TPSA) is 99.9 Å². The number of cyclic esters (lactones) is 1. The van der Waals surface area contributed by atoms with Gasteiger partial charge in [0.2, 0.25) is 0 Å². The van der Waals surface area contributed by atoms with Crippen LogP contribution in [0.15, 0.2) is 44.1 Å². The molecule has 176 valence electrons. The van der Waals surface area contributed by atoms with E-state index in [4.69, 9.17) is 18.4 Å². The molecule has 0 spiro atoms. The second-order valence-corrected chi connectivity index (χ2v) is 8.44. The first kappa shape index (κ1) is 21.8. The summed E-state index contributed by atoms with van der Waals surface area (Å²) in [6.07, 6.45) is 2.45. The predicted octanol–water partition coefficient (Wildman–Crippen LogP) is 4.17. The molecule has 0 saturated carbocycles. The first-order valence-corrected chi connectivity index (χ1v) is 11.0. The van der Waals surface area contributed by atoms with Gasteiger partial charge in [-0.2, -0.15) is 0 Å². The van der Waals surface area contributed by atoms with Crippen molar-refractivity contribution < 1.29 is 23.2 Å². The van der Waals surface area contributed by atoms with Crippen molar-refractivity contribution in [2.45, 2.75) is 20.3 Å². The van der Waals surface area contributed by atoms with E-state index in [1.807, 2.05) is 38.1 Å². The van der Waals surface area contributed by atoms with Gasteiger partial charge in [-0.25, -0.2) is 9.59 Å². The maximum Gasteiger partial charge on any atom is 0.419 e. The molecule has 0 unspecified atom stereocenters. The zero-order chi connectivity index (χ0) is 24.0. The second-order valence-electron chi connectivity index (χ2n) is 8.44. The lowest BCUT2D eigenvalue weighted by molar-refractivity contribution is 0.159. The van der Waals surface area contributed by atoms with E-state index in [1.54, 1.807) is 19.1 Å². The zero-order valence-electron chi connectivity index (χ0n) is 19.5. The van der Waals surface area contributed by atoms with Crippen LogP contribution < -0.4 is 10.5 Å². The number of rotatable bonds is 6. The second kappa shape index (κ2) is 8.40. The van der Waals surface area contributed by atoms with Crippen molar-refractivity contribution >= 4 is 33.7 Å². The van der Waals surface area contributed by atoms with Crippen LogP contribution in [0.4, 0.5) is 4.79 Å². The fraction of sp³-hybridized carbons (Fsp3) is 0.320. The Morgan fingerprint density at radius 2 is 1.85 bits per heavy atom. The molecule has 0 radical (unpaired) electrons. The summed E-state index contributed by atoms with van der Waals surface area (Å²) in [5, 5.41) is 4.79. The van der Waals surface area contributed by atoms with Crippen molar-refractivity contribution in [3.05, 3.63) is 63.1 Å². The minimum absolute atomic E-state index is 0.285. The molecule has 34 heavy (non-hydrogen) atoms. The Labute approximate surface area is 195 Å². The third-order valence-corrected chi connectivity index (χ3v) is 6.21. The van der Waals surface area contributed by atoms with Crippen LogP contribution >= 0.6 is 0 Å². The number of oxazole rings is 1. The highest BCUT2D eigenvalue weighted by molar-refractivity contribution is 5.93. The summed E-state index contributed by atoms with van der Waals surface area (Å²) in [7, 11) is 3.25. The summed E-state index contributed by atoms with van der Waals surface area (Å²) in [4.78, 5) is 25.7. The van der Waals surface area contributed by atoms with Crippen LogP contribution in [-0.4, -0.2) is 47.5 Å². The van der Waals surface area contributed by atoms with Crippen LogP contribution in [0.3, 0.4) is 0 Å². The van der Waals surface area contributed by atoms with Crippen LogP contribution in [0.25, 0.3) is 27.6 Å². The summed E-state index contributed by atoms with van der Waals surface area (Å²) >= 11 is 0. The van der Waals surface area contributed by atoms with Crippen LogP contribution in [0.2, 0.25) is 0 Å². The van der Waals surface area contributed by atoms with E-state index in [1.165, 1.54) is 4.57 Å². The molecular formula is C25H25N3O6. The molecule has 3 heterocycles. The number of aryl methyl sites for hydroxylation is 3. The van der Waals surface area contributed by atoms with Crippen LogP contribution in [-0.2, 0) is 11.8 Å². The van der Waals surface area contributed by atoms with Crippen molar-refractivity contribution in [1.82, 2.24) is 14.6 Å². The molecule has 5 rings (SSSR count). The predicted molar refractivity (Wildman–Crippen MR) is 126 cm³/mol. The van der Waals surface area contributed by atoms with Gasteiger partial charge in [-0.05, 0) is 77.5 Å². The number of ether oxygens (including phenoxy) is 2. The summed E-state index contributed by atoms with van der Waals surface area (Å²) in [6, 6.07) is 7.98. The molecule has 1 aliphatic heterocycles. The van der Waals surface area contributed by atoms with Gasteiger partial charge in [0.25, 0.3) is 5.88 Å². The first-order chi connectivity index (χ1) is 16.4. The fourth-order valence-electron chi connectivity index (χ4n) is 4.44. The van der Waals surface area contributed by atoms with Gasteiger partial charge in [0.1, 0.15) is 6.61 Å². The number of hydrogen-bond acceptors (Lipinski definition) is 7. The fourth-order valence-corrected chi connectivity index (χ4v) is 4.44. The van der Waals surface area contributed by atoms with Gasteiger partial charge < -0.3 is 23.3 Å². The average molecular weight is 463 g/mol. The number of fused-ring (bicyclic) bond motifs is 2. The highest BCUT2D eigenvalue weighted by Gasteiger charge is 2.21. The Balaban J connectivity index is 1.65. The van der Waals surface area contributed by atoms with Gasteiger partial charge >= 0.3 is 11.8 Å². The van der Waals surface area contributed by atoms with Gasteiger partial charge in [-0.15, -0.1) is 0 Å². The van der Waals surface area contributed by atoms with Crippen LogP contribution in [0.1, 0.15) is 28.7 Å². The largest absolute Gasteiger partial charge is 0.478 e. The number of carbonyl (C=O) groups is 1. The van der Waals surface area contributed by atoms with Crippen LogP contribution in [0.5, 0.6) is 5.88 Å². The normalized spacial score (nSPS) is 14.4. The summed E-state index contributed by atoms with van der Waals surface area (Å²) < 4.78 is 22.8. The minimum atomic E-state index is -0.403. The standard InChI is InChI=1S/C25H25N3O6/c1-14-10-16(12-19-21(14)34-26-23(19)31-4)18(6-5-7-28-8-9-32-25(28)30)17-11-15(2)22-20(13-17)27(3)24(29)33-22/h6,10-13H,5,7-9H2,1-4H3. The van der Waals surface area contributed by atoms with E-state index >= 15 is 0 Å². The molecule has 0 N–H and O–H groups in total. The first-order valence-electron chi connectivity index (χ1n) is 11.0. The van der Waals surface area contributed by atoms with Gasteiger partial charge in [0, 0.05) is 13.6 Å². The molecule has 1 fully saturated rings. The number of hydrogen-bond donors (Lipinski definition) is 0. The van der Waals surface area contributed by atoms with Crippen LogP contribution in [0, 0.1) is 13.8 Å². The van der Waals surface area contributed by atoms with Gasteiger partial charge in [-0.1, -0.05) is 6.08 Å². The number of amides is 1. The number of nitrogens with zero attached hydrogens (tertiary/aromatic N) is 3. The zero-order valence-corrected chi connectivity index (χ0v) is 19.5. The Bertz CT molecular complexity index is 1510. The Morgan fingerprint density at radius 3 is 2.56 bits per heavy atom. The van der Waals surface area contributed by atoms with Gasteiger partial charge in [0.15, 0.2) is 11.2 Å². The number of aromatic nitrogens is 2. The van der Waals surface area contributed by atoms with E-state index in [-0.39, 0.29) is 6.09 Å². The molecule has 1 amide bonds. The molecular weight excluding hydrogens is 438 g/mol. The maximum absolute atomic E-state index is 12.1. The molecule has 9 nitrogen and oxygen atoms in total. The van der Waals surface area contributed by atoms with Gasteiger partial charge in [0.05, 0.1) is 24.6 Å². The quantitative estimate of drug-likeness (QED) is 0.423. The van der Waals surface area contributed by atoms with E-state index < -0.39 is 5.76 Å². The number of methoxy groups -OCH3 is 1. The van der Waals surface area contributed by atoms with E-state index in [2.05, 4.69) is 11.2 Å². The number of benzene rings is 2. The molecule has 1 aliphatic rings. The molecule has 0 atom stereocenters. The van der Waals surface area contributed by atoms with E-state index in [0.29, 0.717) is 43.2 Å². The highest BCUT2D eigenvalue weighted by atomic mass is 16.6. The molecule has 9 heteroatoms. The van der Waals surface area contributed by atoms with E-state index in [0.717, 1.165) is 38.7 Å². The minimum Gasteiger partial charge on any atom is -0.478 e. The summed E-state index contributed by atoms with van der Waals surface area (Å²) in [6.45, 7) is 5.44. The molecule has 1 saturated heterocycles. The van der Waals surface area contributed by atoms with Gasteiger partial charge in [-0.3, -0.25) is 4.57 Å². The van der Waals surface area contributed by atoms with Crippen molar-refractivity contribution in [2.24, 2.45) is 7.05 Å². The smallest absolute Gasteiger partial charge is 0.419 e. The maximum atomic E-state index is 12.1. The molecule has 4 aromatic rings. The Morgan fingerprint density at radius 1 is 1.12 bits per heavy atom. The Kier molecular flexibility index (Phi) is 5.39. The lowest BCUT2D eigenvalue weighted by atomic mass is 9.93. The lowest BCUT2D eigenvalue weighted by Gasteiger charge is -2.14. The molecule has 0 bridgehead atoms. The number of carbonyl (C=O) groups excluding carboxylic acids is 1. The Hall–Kier alpha value is -4.01. The average Bonchev–Trinajstić information content (AvgIpc) is 3.50. The summed E-state index contributed by atoms with van der Waals surface area (Å²) in [5.74, 6) is 0.0165. The van der Waals surface area contributed by atoms with E-state index in [9.17, 15) is 9.59 Å². The molecule has 0 aliphatic carbocycles. The SMILES string of the molecule is COc1noc2c(C)cc(C(=CCCN3CCOC3=O)c3cc(C)c4oc(=O)n(C)c4c3)cc12. The van der Waals surface area contributed by atoms with Crippen molar-refractivity contribution in [2.75, 3.05) is 26.8 Å². The molecule has 2 aromatic heterocycles. The highest BCUT2D eigenvalue weighted by Crippen LogP contribution is 2.35. The van der Waals surface area contributed by atoms with Crippen molar-refractivity contribution in [3.8, 4) is 5.88 Å². The van der Waals surface area contributed by atoms with Crippen molar-refractivity contribution in [3.63, 3.8) is 0 Å². The summed E-state index contributed by atoms with van der Waals surface area (Å²) in [5.41, 5.74) is 6.58. The van der Waals surface area contributed by atoms with Crippen molar-refractivity contribution in [1.29, 1.82) is 0 Å². The lowest BCUT2D eigenvalue weighted by Crippen LogP contribution is -2.24. The molecule has 2 aromatic carbocycles. The third-order valence-electron chi connectivity index (χ3n) is 6.21.